The minimum absolute atomic E-state index is 0. The molecule has 2 rings (SSSR count). The van der Waals surface area contributed by atoms with Crippen molar-refractivity contribution in [1.82, 2.24) is 5.32 Å². The van der Waals surface area contributed by atoms with Gasteiger partial charge in [-0.3, -0.25) is 4.79 Å². The molecule has 0 aromatic carbocycles. The van der Waals surface area contributed by atoms with Crippen LogP contribution in [0.4, 0.5) is 0 Å². The van der Waals surface area contributed by atoms with Crippen LogP contribution in [-0.4, -0.2) is 43.4 Å². The summed E-state index contributed by atoms with van der Waals surface area (Å²) in [7, 11) is 0. The zero-order valence-electron chi connectivity index (χ0n) is 14.7. The van der Waals surface area contributed by atoms with E-state index in [4.69, 9.17) is 15.2 Å². The van der Waals surface area contributed by atoms with Crippen LogP contribution < -0.4 is 11.1 Å². The van der Waals surface area contributed by atoms with Crippen LogP contribution >= 0.6 is 12.4 Å². The molecule has 0 radical (unpaired) electrons. The second kappa shape index (κ2) is 8.65. The molecule has 0 heterocycles. The van der Waals surface area contributed by atoms with Gasteiger partial charge in [0.1, 0.15) is 5.54 Å². The summed E-state index contributed by atoms with van der Waals surface area (Å²) in [6.45, 7) is 7.99. The zero-order chi connectivity index (χ0) is 16.2. The molecule has 3 N–H and O–H groups in total. The zero-order valence-corrected chi connectivity index (χ0v) is 15.5. The van der Waals surface area contributed by atoms with Crippen LogP contribution in [0.5, 0.6) is 0 Å². The van der Waals surface area contributed by atoms with Crippen LogP contribution in [0.25, 0.3) is 0 Å². The van der Waals surface area contributed by atoms with Gasteiger partial charge in [0.05, 0.1) is 12.2 Å². The number of hydrogen-bond donors (Lipinski definition) is 2. The Bertz CT molecular complexity index is 386. The third-order valence-electron chi connectivity index (χ3n) is 5.50. The van der Waals surface area contributed by atoms with E-state index in [2.05, 4.69) is 5.32 Å². The lowest BCUT2D eigenvalue weighted by molar-refractivity contribution is -0.170. The van der Waals surface area contributed by atoms with E-state index >= 15 is 0 Å². The van der Waals surface area contributed by atoms with E-state index in [0.29, 0.717) is 32.3 Å². The summed E-state index contributed by atoms with van der Waals surface area (Å²) < 4.78 is 11.5. The van der Waals surface area contributed by atoms with Gasteiger partial charge >= 0.3 is 0 Å². The van der Waals surface area contributed by atoms with Crippen molar-refractivity contribution in [3.8, 4) is 0 Å². The molecule has 6 heteroatoms. The molecule has 2 aliphatic rings. The number of nitrogens with two attached hydrogens (primary N) is 1. The Kier molecular flexibility index (Phi) is 7.78. The molecule has 2 fully saturated rings. The molecule has 5 nitrogen and oxygen atoms in total. The van der Waals surface area contributed by atoms with Gasteiger partial charge in [0.25, 0.3) is 0 Å². The maximum Gasteiger partial charge on any atom is 0.240 e. The average Bonchev–Trinajstić information content (AvgIpc) is 2.99. The highest BCUT2D eigenvalue weighted by Gasteiger charge is 2.62. The predicted octanol–water partition coefficient (Wildman–Crippen LogP) is 2.41. The van der Waals surface area contributed by atoms with Gasteiger partial charge in [-0.2, -0.15) is 0 Å². The fourth-order valence-electron chi connectivity index (χ4n) is 3.56. The quantitative estimate of drug-likeness (QED) is 0.660. The van der Waals surface area contributed by atoms with Gasteiger partial charge < -0.3 is 20.5 Å². The first kappa shape index (κ1) is 20.7. The Labute approximate surface area is 146 Å². The van der Waals surface area contributed by atoms with Crippen molar-refractivity contribution in [3.05, 3.63) is 0 Å². The van der Waals surface area contributed by atoms with Gasteiger partial charge in [0, 0.05) is 31.6 Å². The molecule has 2 saturated carbocycles. The molecule has 0 saturated heterocycles. The number of halogens is 1. The summed E-state index contributed by atoms with van der Waals surface area (Å²) in [6, 6.07) is 0. The van der Waals surface area contributed by atoms with E-state index in [-0.39, 0.29) is 29.8 Å². The monoisotopic (exact) mass is 348 g/mol. The largest absolute Gasteiger partial charge is 0.378 e. The Hall–Kier alpha value is -0.360. The first-order valence-electron chi connectivity index (χ1n) is 8.72. The molecule has 2 unspecified atom stereocenters. The van der Waals surface area contributed by atoms with E-state index in [9.17, 15) is 4.79 Å². The van der Waals surface area contributed by atoms with Crippen molar-refractivity contribution in [3.63, 3.8) is 0 Å². The number of carbonyl (C=O) groups excluding carboxylic acids is 1. The van der Waals surface area contributed by atoms with Crippen molar-refractivity contribution >= 4 is 18.3 Å². The third-order valence-corrected chi connectivity index (χ3v) is 5.50. The predicted molar refractivity (Wildman–Crippen MR) is 93.8 cm³/mol. The first-order valence-corrected chi connectivity index (χ1v) is 8.72. The molecule has 23 heavy (non-hydrogen) atoms. The highest BCUT2D eigenvalue weighted by Crippen LogP contribution is 2.49. The minimum atomic E-state index is -0.820. The van der Waals surface area contributed by atoms with E-state index in [1.165, 1.54) is 25.7 Å². The number of nitrogens with one attached hydrogen (secondary N) is 1. The lowest BCUT2D eigenvalue weighted by Gasteiger charge is -2.57. The van der Waals surface area contributed by atoms with Crippen LogP contribution in [0.3, 0.4) is 0 Å². The lowest BCUT2D eigenvalue weighted by atomic mass is 9.54. The van der Waals surface area contributed by atoms with Gasteiger partial charge in [-0.15, -0.1) is 12.4 Å². The smallest absolute Gasteiger partial charge is 0.240 e. The molecule has 2 atom stereocenters. The summed E-state index contributed by atoms with van der Waals surface area (Å²) in [5, 5.41) is 2.97. The fraction of sp³-hybridized carbons (Fsp3) is 0.941. The number of ether oxygens (including phenoxy) is 2. The van der Waals surface area contributed by atoms with Gasteiger partial charge in [-0.05, 0) is 26.2 Å². The maximum atomic E-state index is 12.4. The molecular formula is C17H33ClN2O3. The van der Waals surface area contributed by atoms with Crippen LogP contribution in [-0.2, 0) is 14.3 Å². The molecule has 0 bridgehead atoms. The number of carbonyl (C=O) groups is 1. The van der Waals surface area contributed by atoms with E-state index in [1.807, 2.05) is 20.8 Å². The molecule has 0 aromatic heterocycles. The first-order chi connectivity index (χ1) is 10.4. The van der Waals surface area contributed by atoms with Crippen molar-refractivity contribution < 1.29 is 14.3 Å². The Balaban J connectivity index is 0.00000264. The van der Waals surface area contributed by atoms with Crippen molar-refractivity contribution in [1.29, 1.82) is 0 Å². The van der Waals surface area contributed by atoms with E-state index in [0.717, 1.165) is 6.42 Å². The lowest BCUT2D eigenvalue weighted by Crippen LogP contribution is -2.75. The van der Waals surface area contributed by atoms with Crippen molar-refractivity contribution in [2.45, 2.75) is 77.0 Å². The molecule has 0 spiro atoms. The van der Waals surface area contributed by atoms with Gasteiger partial charge in [-0.1, -0.05) is 26.7 Å². The summed E-state index contributed by atoms with van der Waals surface area (Å²) in [6.07, 6.45) is 6.89. The summed E-state index contributed by atoms with van der Waals surface area (Å²) in [4.78, 5) is 12.4. The maximum absolute atomic E-state index is 12.4. The molecule has 0 aromatic rings. The van der Waals surface area contributed by atoms with E-state index < -0.39 is 5.54 Å². The standard InChI is InChI=1S/C17H32N2O3.ClH/c1-4-21-14-12-17(18,16(14,2)3)15(20)19-10-7-11-22-13-8-5-6-9-13;/h13-14H,4-12,18H2,1-3H3,(H,19,20);1H. The topological polar surface area (TPSA) is 73.6 Å². The number of rotatable bonds is 8. The highest BCUT2D eigenvalue weighted by atomic mass is 35.5. The fourth-order valence-corrected chi connectivity index (χ4v) is 3.56. The highest BCUT2D eigenvalue weighted by molar-refractivity contribution is 5.88. The van der Waals surface area contributed by atoms with E-state index in [1.54, 1.807) is 0 Å². The van der Waals surface area contributed by atoms with Gasteiger partial charge in [-0.25, -0.2) is 0 Å². The van der Waals surface area contributed by atoms with Gasteiger partial charge in [0.15, 0.2) is 0 Å². The molecule has 2 aliphatic carbocycles. The second-order valence-electron chi connectivity index (χ2n) is 7.23. The Morgan fingerprint density at radius 1 is 1.26 bits per heavy atom. The Morgan fingerprint density at radius 2 is 1.91 bits per heavy atom. The van der Waals surface area contributed by atoms with Crippen LogP contribution in [0.1, 0.15) is 59.3 Å². The normalized spacial score (nSPS) is 29.7. The SMILES string of the molecule is CCOC1CC(N)(C(=O)NCCCOC2CCCC2)C1(C)C.Cl. The summed E-state index contributed by atoms with van der Waals surface area (Å²) >= 11 is 0. The molecule has 136 valence electrons. The van der Waals surface area contributed by atoms with Gasteiger partial charge in [0.2, 0.25) is 5.91 Å². The Morgan fingerprint density at radius 3 is 2.48 bits per heavy atom. The average molecular weight is 349 g/mol. The molecule has 0 aliphatic heterocycles. The summed E-state index contributed by atoms with van der Waals surface area (Å²) in [5.74, 6) is -0.0608. The van der Waals surface area contributed by atoms with Crippen molar-refractivity contribution in [2.24, 2.45) is 11.1 Å². The van der Waals surface area contributed by atoms with Crippen molar-refractivity contribution in [2.75, 3.05) is 19.8 Å². The van der Waals surface area contributed by atoms with Crippen LogP contribution in [0.2, 0.25) is 0 Å². The molecule has 1 amide bonds. The van der Waals surface area contributed by atoms with Crippen LogP contribution in [0.15, 0.2) is 0 Å². The minimum Gasteiger partial charge on any atom is -0.378 e. The molecular weight excluding hydrogens is 316 g/mol. The number of hydrogen-bond acceptors (Lipinski definition) is 4. The van der Waals surface area contributed by atoms with Crippen LogP contribution in [0, 0.1) is 5.41 Å². The second-order valence-corrected chi connectivity index (χ2v) is 7.23. The summed E-state index contributed by atoms with van der Waals surface area (Å²) in [5.41, 5.74) is 5.19. The third kappa shape index (κ3) is 4.38. The number of amides is 1.